The molecule has 0 fully saturated rings. The number of alkyl halides is 2. The normalized spacial score (nSPS) is 11.0. The maximum absolute atomic E-state index is 14.3. The number of carbonyl (C=O) groups is 8. The number of aryl methyl sites for hydroxylation is 11. The third-order valence-corrected chi connectivity index (χ3v) is 38.5. The molecule has 0 spiro atoms. The quantitative estimate of drug-likeness (QED) is 0.0229. The van der Waals surface area contributed by atoms with Gasteiger partial charge in [0.25, 0.3) is 5.97 Å². The van der Waals surface area contributed by atoms with Gasteiger partial charge in [0.05, 0.1) is 0 Å². The van der Waals surface area contributed by atoms with Crippen molar-refractivity contribution in [3.8, 4) is 0 Å². The van der Waals surface area contributed by atoms with E-state index in [0.717, 1.165) is 78.8 Å². The molecule has 721 valence electrons. The largest absolute Gasteiger partial charge is 0.481 e. The fraction of sp³-hybridized carbons (Fsp3) is 0.155. The van der Waals surface area contributed by atoms with E-state index in [1.807, 2.05) is 270 Å². The van der Waals surface area contributed by atoms with Crippen molar-refractivity contribution < 1.29 is 98.1 Å². The van der Waals surface area contributed by atoms with Crippen LogP contribution in [0.15, 0.2) is 364 Å². The van der Waals surface area contributed by atoms with Crippen LogP contribution in [0.1, 0.15) is 156 Å². The Labute approximate surface area is 853 Å². The Morgan fingerprint density at radius 3 is 0.471 bits per heavy atom. The molecule has 15 aromatic carbocycles. The third-order valence-electron chi connectivity index (χ3n) is 22.9. The van der Waals surface area contributed by atoms with Crippen molar-refractivity contribution in [2.75, 3.05) is 0 Å². The van der Waals surface area contributed by atoms with Crippen molar-refractivity contribution in [2.45, 2.75) is 121 Å². The molecule has 0 aliphatic rings. The molecule has 1 N–H and O–H groups in total. The second kappa shape index (κ2) is 51.4. The first kappa shape index (κ1) is 112. The molecule has 15 aromatic rings. The number of rotatable bonds is 26. The fourth-order valence-corrected chi connectivity index (χ4v) is 30.6. The van der Waals surface area contributed by atoms with Crippen LogP contribution in [0.25, 0.3) is 0 Å². The Hall–Kier alpha value is -12.1. The maximum Gasteiger partial charge on any atom is 0.302 e. The monoisotopic (exact) mass is 2180 g/mol. The topological polar surface area (TPSA) is 261 Å². The third kappa shape index (κ3) is 26.6. The van der Waals surface area contributed by atoms with Crippen molar-refractivity contribution in [3.63, 3.8) is 0 Å². The Bertz CT molecular complexity index is 6530. The van der Waals surface area contributed by atoms with Crippen LogP contribution in [-0.2, 0) is 92.9 Å². The number of ether oxygens (including phenoxy) is 2. The Balaban J connectivity index is 0.000000193. The van der Waals surface area contributed by atoms with Gasteiger partial charge in [0.1, 0.15) is 13.2 Å². The second-order valence-electron chi connectivity index (χ2n) is 33.5. The van der Waals surface area contributed by atoms with Crippen LogP contribution in [0.5, 0.6) is 0 Å². The van der Waals surface area contributed by atoms with Gasteiger partial charge in [-0.25, -0.2) is 0 Å². The van der Waals surface area contributed by atoms with Gasteiger partial charge in [-0.15, -0.1) is 0 Å². The molecule has 0 aromatic heterocycles. The molecule has 0 heterocycles. The minimum absolute atomic E-state index is 0. The van der Waals surface area contributed by atoms with Gasteiger partial charge in [-0.2, -0.15) is 0 Å². The molecule has 0 aliphatic carbocycles. The molecule has 0 aliphatic heterocycles. The first-order valence-electron chi connectivity index (χ1n) is 44.7. The number of hydrogen-bond acceptors (Lipinski definition) is 15. The van der Waals surface area contributed by atoms with Gasteiger partial charge in [0.2, 0.25) is 63.3 Å². The Morgan fingerprint density at radius 1 is 0.229 bits per heavy atom. The van der Waals surface area contributed by atoms with Gasteiger partial charge in [-0.3, -0.25) is 38.4 Å². The molecule has 0 bridgehead atoms. The van der Waals surface area contributed by atoms with E-state index in [4.69, 9.17) is 19.4 Å². The van der Waals surface area contributed by atoms with Crippen molar-refractivity contribution in [1.82, 2.24) is 0 Å². The van der Waals surface area contributed by atoms with Crippen molar-refractivity contribution >= 4 is 166 Å². The summed E-state index contributed by atoms with van der Waals surface area (Å²) in [5.41, 5.74) is 13.8. The molecule has 0 amide bonds. The molecule has 140 heavy (non-hydrogen) atoms. The average Bonchev–Trinajstić information content (AvgIpc) is 0.851. The van der Waals surface area contributed by atoms with Crippen LogP contribution >= 0.6 is 67.6 Å². The number of benzene rings is 15. The number of aliphatic carboxylic acids is 1. The van der Waals surface area contributed by atoms with Crippen molar-refractivity contribution in [1.29, 1.82) is 0 Å². The van der Waals surface area contributed by atoms with Crippen LogP contribution in [0.4, 0.5) is 0 Å². The summed E-state index contributed by atoms with van der Waals surface area (Å²) in [6, 6.07) is 109. The number of carboxylic acid groups (broad SMARTS) is 1. The van der Waals surface area contributed by atoms with E-state index in [0.29, 0.717) is 103 Å². The molecule has 15 rings (SSSR count). The van der Waals surface area contributed by atoms with E-state index in [1.165, 1.54) is 13.8 Å². The number of esters is 2. The smallest absolute Gasteiger partial charge is 0.302 e. The summed E-state index contributed by atoms with van der Waals surface area (Å²) in [5.74, 6) is -1.56. The summed E-state index contributed by atoms with van der Waals surface area (Å²) in [6.45, 7) is 24.8. The van der Waals surface area contributed by atoms with Crippen molar-refractivity contribution in [2.24, 2.45) is 0 Å². The minimum atomic E-state index is -3.56. The van der Waals surface area contributed by atoms with Gasteiger partial charge in [0.15, 0.2) is 0 Å². The first-order chi connectivity index (χ1) is 66.3. The van der Waals surface area contributed by atoms with Gasteiger partial charge in [-0.05, 0) is 154 Å². The van der Waals surface area contributed by atoms with Crippen LogP contribution in [0, 0.1) is 76.2 Å². The zero-order valence-electron chi connectivity index (χ0n) is 80.3. The fourth-order valence-electron chi connectivity index (χ4n) is 16.9. The van der Waals surface area contributed by atoms with E-state index < -0.39 is 41.7 Å². The summed E-state index contributed by atoms with van der Waals surface area (Å²) in [5, 5.41) is 14.3. The van der Waals surface area contributed by atoms with Gasteiger partial charge >= 0.3 is 11.9 Å². The summed E-state index contributed by atoms with van der Waals surface area (Å²) >= 11 is 6.92. The summed E-state index contributed by atoms with van der Waals surface area (Å²) < 4.78 is 81.3. The SMILES string of the molecule is CC(=O)O.CC(=O)OCc1cc(C)c(C(=O)P(=O)(c2ccccc2)c2ccccc2)c(C)c1.CC(=O)OCc1cc(C)c(C(=O)P(=O)(c2ccccc2)c2ccccc2)c(C)c1.Cc1cc(C)c(C(=O)P(=O)(c2ccccc2)c2ccccc2)c(C)c1.Cc1cc(CBr)cc(C)c1C(=O)P(=O)(c1ccccc1)c1ccccc1.Cc1cc(CBr)cc(C)c1C(=O)P(=O)(c1ccccc1)c1ccccc1.[Ag]. The minimum Gasteiger partial charge on any atom is -0.481 e. The predicted molar refractivity (Wildman–Crippen MR) is 574 cm³/mol. The van der Waals surface area contributed by atoms with Gasteiger partial charge in [0, 0.05) is 135 Å². The van der Waals surface area contributed by atoms with E-state index >= 15 is 0 Å². The van der Waals surface area contributed by atoms with E-state index in [1.54, 1.807) is 170 Å². The van der Waals surface area contributed by atoms with Gasteiger partial charge < -0.3 is 37.4 Å². The van der Waals surface area contributed by atoms with Crippen LogP contribution in [0.3, 0.4) is 0 Å². The zero-order valence-corrected chi connectivity index (χ0v) is 89.5. The van der Waals surface area contributed by atoms with Crippen LogP contribution in [-0.4, -0.2) is 50.6 Å². The number of carboxylic acids is 1. The maximum atomic E-state index is 14.3. The van der Waals surface area contributed by atoms with Crippen LogP contribution in [0.2, 0.25) is 0 Å². The van der Waals surface area contributed by atoms with E-state index in [2.05, 4.69) is 31.9 Å². The first-order valence-corrected chi connectivity index (χ1v) is 55.5. The summed E-state index contributed by atoms with van der Waals surface area (Å²) in [6.07, 6.45) is 0. The molecule has 0 saturated carbocycles. The number of carbonyl (C=O) groups excluding carboxylic acids is 7. The van der Waals surface area contributed by atoms with Gasteiger partial charge in [-0.1, -0.05) is 401 Å². The molecule has 0 saturated heterocycles. The van der Waals surface area contributed by atoms with Crippen LogP contribution < -0.4 is 53.0 Å². The summed E-state index contributed by atoms with van der Waals surface area (Å²) in [4.78, 5) is 99.5. The standard InChI is InChI=1S/2C24H23O4P.2C22H20BrO2P.C22H21O2P.C2H4O2.Ag/c2*1-17-14-20(16-28-19(3)25)15-18(2)23(17)24(26)29(27,21-10-6-4-7-11-21)22-12-8-5-9-13-22;2*1-16-13-18(15-23)14-17(2)21(16)22(24)26(25,19-9-5-3-6-10-19)20-11-7-4-8-12-20;1-16-14-17(2)21(18(3)15-16)22(23)25(24,19-10-6-4-7-11-19)20-12-8-5-9-13-20;1-2(3)4;/h2*4-15H,16H2,1-3H3;2*3-14H,15H2,1-2H3;4-15H,1-3H3;1H3,(H,3,4);. The summed E-state index contributed by atoms with van der Waals surface area (Å²) in [7, 11) is -17.5. The molecule has 1 radical (unpaired) electrons. The molecule has 0 atom stereocenters. The molecule has 0 unspecified atom stereocenters. The Kier molecular flexibility index (Phi) is 40.9. The average molecular weight is 2180 g/mol. The predicted octanol–water partition coefficient (Wildman–Crippen LogP) is 24.6. The number of halogens is 2. The van der Waals surface area contributed by atoms with Crippen molar-refractivity contribution in [3.05, 3.63) is 475 Å². The van der Waals surface area contributed by atoms with E-state index in [-0.39, 0.29) is 75.2 Å². The second-order valence-corrected chi connectivity index (χ2v) is 47.9. The zero-order chi connectivity index (χ0) is 101. The van der Waals surface area contributed by atoms with E-state index in [9.17, 15) is 56.4 Å². The Morgan fingerprint density at radius 2 is 0.350 bits per heavy atom. The molecular weight excluding hydrogens is 2070 g/mol. The molecule has 24 heteroatoms. The molecule has 16 nitrogen and oxygen atoms in total. The number of hydrogen-bond donors (Lipinski definition) is 1. The molecular formula is C116H111AgBr2O16P5.